The summed E-state index contributed by atoms with van der Waals surface area (Å²) in [6, 6.07) is 12.3. The van der Waals surface area contributed by atoms with Gasteiger partial charge in [-0.05, 0) is 37.1 Å². The monoisotopic (exact) mass is 212 g/mol. The van der Waals surface area contributed by atoms with E-state index in [4.69, 9.17) is 5.73 Å². The molecule has 0 atom stereocenters. The smallest absolute Gasteiger partial charge is 0.0708 e. The molecule has 82 valence electrons. The van der Waals surface area contributed by atoms with Crippen molar-refractivity contribution in [3.05, 3.63) is 53.2 Å². The minimum atomic E-state index is 0.485. The van der Waals surface area contributed by atoms with Gasteiger partial charge in [-0.25, -0.2) is 0 Å². The second kappa shape index (κ2) is 4.45. The zero-order chi connectivity index (χ0) is 11.5. The molecular formula is C14H16N2. The molecule has 2 N–H and O–H groups in total. The van der Waals surface area contributed by atoms with Crippen LogP contribution in [0, 0.1) is 13.8 Å². The number of aryl methyl sites for hydroxylation is 1. The van der Waals surface area contributed by atoms with Crippen LogP contribution < -0.4 is 5.73 Å². The van der Waals surface area contributed by atoms with E-state index in [1.54, 1.807) is 0 Å². The van der Waals surface area contributed by atoms with Gasteiger partial charge in [0.25, 0.3) is 0 Å². The Bertz CT molecular complexity index is 504. The molecule has 1 aromatic carbocycles. The van der Waals surface area contributed by atoms with E-state index in [2.05, 4.69) is 37.0 Å². The fraction of sp³-hybridized carbons (Fsp3) is 0.214. The molecule has 0 aliphatic heterocycles. The van der Waals surface area contributed by atoms with Crippen LogP contribution in [0.4, 0.5) is 0 Å². The average molecular weight is 212 g/mol. The molecule has 1 aromatic heterocycles. The second-order valence-electron chi connectivity index (χ2n) is 3.97. The van der Waals surface area contributed by atoms with E-state index in [1.165, 1.54) is 16.7 Å². The first kappa shape index (κ1) is 10.8. The van der Waals surface area contributed by atoms with Crippen LogP contribution in [0.3, 0.4) is 0 Å². The topological polar surface area (TPSA) is 38.9 Å². The van der Waals surface area contributed by atoms with Crippen molar-refractivity contribution < 1.29 is 0 Å². The summed E-state index contributed by atoms with van der Waals surface area (Å²) in [4.78, 5) is 4.54. The highest BCUT2D eigenvalue weighted by Crippen LogP contribution is 2.23. The molecule has 2 heteroatoms. The lowest BCUT2D eigenvalue weighted by Crippen LogP contribution is -2.00. The molecule has 0 unspecified atom stereocenters. The Kier molecular flexibility index (Phi) is 3.02. The van der Waals surface area contributed by atoms with Gasteiger partial charge in [0.1, 0.15) is 0 Å². The highest BCUT2D eigenvalue weighted by molar-refractivity contribution is 5.64. The van der Waals surface area contributed by atoms with Crippen molar-refractivity contribution in [2.24, 2.45) is 5.73 Å². The molecule has 0 aliphatic carbocycles. The summed E-state index contributed by atoms with van der Waals surface area (Å²) >= 11 is 0. The molecule has 0 radical (unpaired) electrons. The van der Waals surface area contributed by atoms with Crippen LogP contribution in [0.15, 0.2) is 36.4 Å². The first-order valence-corrected chi connectivity index (χ1v) is 5.45. The molecule has 0 fully saturated rings. The summed E-state index contributed by atoms with van der Waals surface area (Å²) < 4.78 is 0. The maximum absolute atomic E-state index is 5.60. The van der Waals surface area contributed by atoms with Crippen LogP contribution in [0.2, 0.25) is 0 Å². The zero-order valence-corrected chi connectivity index (χ0v) is 9.70. The van der Waals surface area contributed by atoms with Gasteiger partial charge in [-0.3, -0.25) is 4.98 Å². The maximum Gasteiger partial charge on any atom is 0.0708 e. The lowest BCUT2D eigenvalue weighted by Gasteiger charge is -2.08. The molecule has 1 heterocycles. The zero-order valence-electron chi connectivity index (χ0n) is 9.70. The molecule has 2 aromatic rings. The lowest BCUT2D eigenvalue weighted by molar-refractivity contribution is 0.993. The predicted molar refractivity (Wildman–Crippen MR) is 67.0 cm³/mol. The Balaban J connectivity index is 2.54. The minimum Gasteiger partial charge on any atom is -0.325 e. The van der Waals surface area contributed by atoms with E-state index >= 15 is 0 Å². The maximum atomic E-state index is 5.60. The number of hydrogen-bond acceptors (Lipinski definition) is 2. The standard InChI is InChI=1S/C14H16N2/c1-10-5-3-7-13(11(10)2)14-8-4-6-12(9-15)16-14/h3-8H,9,15H2,1-2H3. The molecular weight excluding hydrogens is 196 g/mol. The number of hydrogen-bond donors (Lipinski definition) is 1. The summed E-state index contributed by atoms with van der Waals surface area (Å²) in [7, 11) is 0. The fourth-order valence-corrected chi connectivity index (χ4v) is 1.77. The summed E-state index contributed by atoms with van der Waals surface area (Å²) in [5, 5.41) is 0. The first-order chi connectivity index (χ1) is 7.72. The van der Waals surface area contributed by atoms with Crippen LogP contribution in [-0.2, 0) is 6.54 Å². The Morgan fingerprint density at radius 3 is 2.56 bits per heavy atom. The van der Waals surface area contributed by atoms with Gasteiger partial charge in [0, 0.05) is 12.1 Å². The Hall–Kier alpha value is -1.67. The van der Waals surface area contributed by atoms with Gasteiger partial charge in [0.15, 0.2) is 0 Å². The largest absolute Gasteiger partial charge is 0.325 e. The Labute approximate surface area is 96.1 Å². The van der Waals surface area contributed by atoms with Gasteiger partial charge in [-0.1, -0.05) is 24.3 Å². The molecule has 16 heavy (non-hydrogen) atoms. The second-order valence-corrected chi connectivity index (χ2v) is 3.97. The van der Waals surface area contributed by atoms with E-state index in [0.717, 1.165) is 11.4 Å². The van der Waals surface area contributed by atoms with Gasteiger partial charge in [0.05, 0.1) is 11.4 Å². The Morgan fingerprint density at radius 1 is 1.06 bits per heavy atom. The molecule has 0 saturated carbocycles. The molecule has 0 amide bonds. The van der Waals surface area contributed by atoms with Crippen LogP contribution in [-0.4, -0.2) is 4.98 Å². The van der Waals surface area contributed by atoms with Crippen molar-refractivity contribution in [2.45, 2.75) is 20.4 Å². The molecule has 2 rings (SSSR count). The van der Waals surface area contributed by atoms with Gasteiger partial charge < -0.3 is 5.73 Å². The summed E-state index contributed by atoms with van der Waals surface area (Å²) in [5.74, 6) is 0. The highest BCUT2D eigenvalue weighted by atomic mass is 14.7. The van der Waals surface area contributed by atoms with Crippen molar-refractivity contribution in [1.82, 2.24) is 4.98 Å². The molecule has 0 spiro atoms. The third kappa shape index (κ3) is 1.97. The van der Waals surface area contributed by atoms with Crippen molar-refractivity contribution in [2.75, 3.05) is 0 Å². The summed E-state index contributed by atoms with van der Waals surface area (Å²) in [5.41, 5.74) is 11.3. The third-order valence-electron chi connectivity index (χ3n) is 2.90. The van der Waals surface area contributed by atoms with Crippen LogP contribution >= 0.6 is 0 Å². The average Bonchev–Trinajstić information content (AvgIpc) is 2.33. The highest BCUT2D eigenvalue weighted by Gasteiger charge is 2.05. The predicted octanol–water partition coefficient (Wildman–Crippen LogP) is 2.82. The first-order valence-electron chi connectivity index (χ1n) is 5.45. The fourth-order valence-electron chi connectivity index (χ4n) is 1.77. The van der Waals surface area contributed by atoms with Crippen molar-refractivity contribution in [1.29, 1.82) is 0 Å². The van der Waals surface area contributed by atoms with Crippen LogP contribution in [0.1, 0.15) is 16.8 Å². The third-order valence-corrected chi connectivity index (χ3v) is 2.90. The van der Waals surface area contributed by atoms with E-state index in [1.807, 2.05) is 18.2 Å². The summed E-state index contributed by atoms with van der Waals surface area (Å²) in [6.07, 6.45) is 0. The number of pyridine rings is 1. The van der Waals surface area contributed by atoms with Gasteiger partial charge in [-0.15, -0.1) is 0 Å². The summed E-state index contributed by atoms with van der Waals surface area (Å²) in [6.45, 7) is 4.73. The lowest BCUT2D eigenvalue weighted by atomic mass is 10.0. The van der Waals surface area contributed by atoms with Gasteiger partial charge in [-0.2, -0.15) is 0 Å². The van der Waals surface area contributed by atoms with Crippen molar-refractivity contribution in [3.63, 3.8) is 0 Å². The number of aromatic nitrogens is 1. The number of nitrogens with zero attached hydrogens (tertiary/aromatic N) is 1. The van der Waals surface area contributed by atoms with E-state index in [0.29, 0.717) is 6.54 Å². The van der Waals surface area contributed by atoms with Gasteiger partial charge >= 0.3 is 0 Å². The van der Waals surface area contributed by atoms with Crippen molar-refractivity contribution >= 4 is 0 Å². The van der Waals surface area contributed by atoms with Crippen molar-refractivity contribution in [3.8, 4) is 11.3 Å². The molecule has 2 nitrogen and oxygen atoms in total. The normalized spacial score (nSPS) is 10.4. The van der Waals surface area contributed by atoms with E-state index < -0.39 is 0 Å². The number of rotatable bonds is 2. The molecule has 0 bridgehead atoms. The number of benzene rings is 1. The Morgan fingerprint density at radius 2 is 1.81 bits per heavy atom. The quantitative estimate of drug-likeness (QED) is 0.831. The molecule has 0 saturated heterocycles. The molecule has 0 aliphatic rings. The van der Waals surface area contributed by atoms with Crippen LogP contribution in [0.5, 0.6) is 0 Å². The van der Waals surface area contributed by atoms with Gasteiger partial charge in [0.2, 0.25) is 0 Å². The number of nitrogens with two attached hydrogens (primary N) is 1. The van der Waals surface area contributed by atoms with Crippen LogP contribution in [0.25, 0.3) is 11.3 Å². The van der Waals surface area contributed by atoms with E-state index in [9.17, 15) is 0 Å². The van der Waals surface area contributed by atoms with E-state index in [-0.39, 0.29) is 0 Å². The minimum absolute atomic E-state index is 0.485. The SMILES string of the molecule is Cc1cccc(-c2cccc(CN)n2)c1C.